The van der Waals surface area contributed by atoms with E-state index in [-0.39, 0.29) is 17.1 Å². The Morgan fingerprint density at radius 2 is 0.517 bits per heavy atom. The molecule has 0 spiro atoms. The van der Waals surface area contributed by atoms with Crippen molar-refractivity contribution in [1.29, 1.82) is 0 Å². The summed E-state index contributed by atoms with van der Waals surface area (Å²) in [4.78, 5) is 0. The Morgan fingerprint density at radius 3 is 0.552 bits per heavy atom. The largest absolute Gasteiger partial charge is 2.00 e. The van der Waals surface area contributed by atoms with Crippen molar-refractivity contribution in [2.24, 2.45) is 0 Å². The third-order valence-corrected chi connectivity index (χ3v) is 3.03. The summed E-state index contributed by atoms with van der Waals surface area (Å²) in [5.41, 5.74) is -11.3. The van der Waals surface area contributed by atoms with Crippen molar-refractivity contribution in [2.45, 2.75) is 11.0 Å². The van der Waals surface area contributed by atoms with Crippen molar-refractivity contribution < 1.29 is 69.4 Å². The Hall–Kier alpha value is -1.64. The predicted octanol–water partition coefficient (Wildman–Crippen LogP) is 3.47. The Kier molecular flexibility index (Phi) is 15.9. The van der Waals surface area contributed by atoms with E-state index in [0.717, 1.165) is 0 Å². The number of benzene rings is 2. The van der Waals surface area contributed by atoms with Gasteiger partial charge in [-0.1, -0.05) is 72.8 Å². The van der Waals surface area contributed by atoms with E-state index in [2.05, 4.69) is 0 Å². The quantitative estimate of drug-likeness (QED) is 0.229. The monoisotopic (exact) mass is 517 g/mol. The number of alkyl halides is 6. The maximum Gasteiger partial charge on any atom is 2.00 e. The molecule has 2 rings (SSSR count). The van der Waals surface area contributed by atoms with Crippen molar-refractivity contribution in [2.75, 3.05) is 0 Å². The fourth-order valence-corrected chi connectivity index (χ4v) is 0.770. The molecule has 0 aliphatic rings. The van der Waals surface area contributed by atoms with Gasteiger partial charge in [-0.25, -0.2) is 16.8 Å². The second kappa shape index (κ2) is 14.4. The van der Waals surface area contributed by atoms with Gasteiger partial charge in [-0.3, -0.25) is 0 Å². The summed E-state index contributed by atoms with van der Waals surface area (Å²) in [6.45, 7) is 0. The molecule has 2 aromatic rings. The first-order valence-electron chi connectivity index (χ1n) is 6.54. The van der Waals surface area contributed by atoms with Crippen LogP contribution in [-0.2, 0) is 37.3 Å². The molecule has 0 heterocycles. The summed E-state index contributed by atoms with van der Waals surface area (Å²) < 4.78 is 118. The fraction of sp³-hybridized carbons (Fsp3) is 0.143. The molecule has 6 nitrogen and oxygen atoms in total. The third kappa shape index (κ3) is 19.4. The van der Waals surface area contributed by atoms with Crippen LogP contribution in [0.4, 0.5) is 26.3 Å². The van der Waals surface area contributed by atoms with Gasteiger partial charge < -0.3 is 9.11 Å². The molecule has 0 atom stereocenters. The first kappa shape index (κ1) is 32.0. The smallest absolute Gasteiger partial charge is 0.741 e. The van der Waals surface area contributed by atoms with Gasteiger partial charge in [-0.05, 0) is 0 Å². The molecule has 0 fully saturated rings. The first-order valence-corrected chi connectivity index (χ1v) is 9.36. The standard InChI is InChI=1S/2C6H6.2CHF3O3S.Cu/c2*1-2-4-6-5-3-1;2*2-1(3,4)8(5,6)7;/h2*1-6H;2*(H,5,6,7);/q;;;;+2/p-2. The average molecular weight is 518 g/mol. The minimum Gasteiger partial charge on any atom is -0.741 e. The van der Waals surface area contributed by atoms with E-state index in [0.29, 0.717) is 0 Å². The van der Waals surface area contributed by atoms with E-state index < -0.39 is 31.3 Å². The number of hydrogen-bond acceptors (Lipinski definition) is 6. The Bertz CT molecular complexity index is 715. The third-order valence-electron chi connectivity index (χ3n) is 1.90. The Balaban J connectivity index is -0.000000309. The maximum absolute atomic E-state index is 10.7. The summed E-state index contributed by atoms with van der Waals surface area (Å²) in [5.74, 6) is 0. The van der Waals surface area contributed by atoms with Gasteiger partial charge in [0.25, 0.3) is 0 Å². The van der Waals surface area contributed by atoms with Crippen molar-refractivity contribution in [3.8, 4) is 0 Å². The molecule has 0 aliphatic heterocycles. The van der Waals surface area contributed by atoms with Crippen LogP contribution >= 0.6 is 0 Å². The zero-order valence-electron chi connectivity index (χ0n) is 13.8. The van der Waals surface area contributed by atoms with Crippen LogP contribution < -0.4 is 0 Å². The second-order valence-electron chi connectivity index (χ2n) is 4.11. The zero-order valence-corrected chi connectivity index (χ0v) is 16.3. The van der Waals surface area contributed by atoms with Gasteiger partial charge in [0, 0.05) is 0 Å². The van der Waals surface area contributed by atoms with Crippen LogP contribution in [0.3, 0.4) is 0 Å². The van der Waals surface area contributed by atoms with Crippen LogP contribution in [0.2, 0.25) is 0 Å². The fourth-order valence-electron chi connectivity index (χ4n) is 0.770. The summed E-state index contributed by atoms with van der Waals surface area (Å²) in [7, 11) is -12.2. The summed E-state index contributed by atoms with van der Waals surface area (Å²) in [5, 5.41) is 0. The first-order chi connectivity index (χ1) is 12.5. The molecule has 0 N–H and O–H groups in total. The summed E-state index contributed by atoms with van der Waals surface area (Å²) >= 11 is 0. The predicted molar refractivity (Wildman–Crippen MR) is 84.4 cm³/mol. The molecular weight excluding hydrogens is 506 g/mol. The SMILES string of the molecule is O=S(=O)([O-])C(F)(F)F.O=S(=O)([O-])C(F)(F)F.[Cu+2].c1ccccc1.c1ccccc1. The minimum atomic E-state index is -6.09. The van der Waals surface area contributed by atoms with Gasteiger partial charge in [-0.15, -0.1) is 0 Å². The average Bonchev–Trinajstić information content (AvgIpc) is 2.56. The molecule has 0 amide bonds. The van der Waals surface area contributed by atoms with Gasteiger partial charge in [0.1, 0.15) is 0 Å². The molecule has 0 saturated carbocycles. The summed E-state index contributed by atoms with van der Waals surface area (Å²) in [6.07, 6.45) is 0. The maximum atomic E-state index is 10.7. The van der Waals surface area contributed by atoms with E-state index in [1.54, 1.807) is 0 Å². The minimum absolute atomic E-state index is 0. The molecule has 2 aromatic carbocycles. The van der Waals surface area contributed by atoms with Gasteiger partial charge in [0.15, 0.2) is 20.2 Å². The van der Waals surface area contributed by atoms with Gasteiger partial charge >= 0.3 is 28.1 Å². The Morgan fingerprint density at radius 1 is 0.448 bits per heavy atom. The van der Waals surface area contributed by atoms with E-state index in [1.807, 2.05) is 72.8 Å². The van der Waals surface area contributed by atoms with E-state index in [4.69, 9.17) is 25.9 Å². The van der Waals surface area contributed by atoms with Crippen LogP contribution in [0.1, 0.15) is 0 Å². The number of halogens is 6. The van der Waals surface area contributed by atoms with Crippen LogP contribution in [0.5, 0.6) is 0 Å². The molecule has 169 valence electrons. The molecule has 0 unspecified atom stereocenters. The van der Waals surface area contributed by atoms with E-state index in [1.165, 1.54) is 0 Å². The molecular formula is C14H12CuF6O6S2. The summed E-state index contributed by atoms with van der Waals surface area (Å²) in [6, 6.07) is 24.0. The molecule has 0 saturated heterocycles. The van der Waals surface area contributed by atoms with Crippen LogP contribution in [-0.4, -0.2) is 37.0 Å². The molecule has 15 heteroatoms. The Labute approximate surface area is 173 Å². The number of hydrogen-bond donors (Lipinski definition) is 0. The van der Waals surface area contributed by atoms with Crippen molar-refractivity contribution in [3.63, 3.8) is 0 Å². The molecule has 29 heavy (non-hydrogen) atoms. The van der Waals surface area contributed by atoms with Crippen LogP contribution in [0.25, 0.3) is 0 Å². The molecule has 0 bridgehead atoms. The molecule has 0 aliphatic carbocycles. The number of rotatable bonds is 0. The van der Waals surface area contributed by atoms with Crippen molar-refractivity contribution in [3.05, 3.63) is 72.8 Å². The second-order valence-corrected chi connectivity index (χ2v) is 6.85. The van der Waals surface area contributed by atoms with Crippen molar-refractivity contribution >= 4 is 20.2 Å². The van der Waals surface area contributed by atoms with E-state index in [9.17, 15) is 26.3 Å². The van der Waals surface area contributed by atoms with Gasteiger partial charge in [-0.2, -0.15) is 26.3 Å². The van der Waals surface area contributed by atoms with Gasteiger partial charge in [0.05, 0.1) is 0 Å². The topological polar surface area (TPSA) is 114 Å². The van der Waals surface area contributed by atoms with Crippen LogP contribution in [0, 0.1) is 0 Å². The van der Waals surface area contributed by atoms with Gasteiger partial charge in [0.2, 0.25) is 0 Å². The zero-order chi connectivity index (χ0) is 22.5. The molecule has 1 radical (unpaired) electrons. The normalized spacial score (nSPS) is 11.0. The van der Waals surface area contributed by atoms with Crippen LogP contribution in [0.15, 0.2) is 72.8 Å². The van der Waals surface area contributed by atoms with E-state index >= 15 is 0 Å². The van der Waals surface area contributed by atoms with Crippen molar-refractivity contribution in [1.82, 2.24) is 0 Å². The molecule has 0 aromatic heterocycles.